The molecule has 0 bridgehead atoms. The van der Waals surface area contributed by atoms with Crippen molar-refractivity contribution >= 4 is 27.6 Å². The summed E-state index contributed by atoms with van der Waals surface area (Å²) in [7, 11) is -3.78. The number of amides is 1. The molecule has 1 amide bonds. The highest BCUT2D eigenvalue weighted by atomic mass is 32.2. The lowest BCUT2D eigenvalue weighted by molar-refractivity contribution is -0.154. The Morgan fingerprint density at radius 1 is 1.22 bits per heavy atom. The van der Waals surface area contributed by atoms with Crippen molar-refractivity contribution in [2.45, 2.75) is 45.1 Å². The molecule has 0 aliphatic carbocycles. The Morgan fingerprint density at radius 2 is 1.74 bits per heavy atom. The minimum Gasteiger partial charge on any atom is -0.453 e. The van der Waals surface area contributed by atoms with E-state index in [1.807, 2.05) is 20.8 Å². The quantitative estimate of drug-likeness (QED) is 0.789. The summed E-state index contributed by atoms with van der Waals surface area (Å²) < 4.78 is 27.4. The summed E-state index contributed by atoms with van der Waals surface area (Å²) in [6.45, 7) is 7.15. The van der Waals surface area contributed by atoms with Crippen molar-refractivity contribution in [3.63, 3.8) is 0 Å². The van der Waals surface area contributed by atoms with Crippen LogP contribution in [0.4, 0.5) is 5.69 Å². The molecule has 128 valence electrons. The first-order valence-electron chi connectivity index (χ1n) is 7.02. The molecular formula is C15H22N2O5S. The van der Waals surface area contributed by atoms with Crippen LogP contribution in [-0.4, -0.2) is 26.4 Å². The fourth-order valence-corrected chi connectivity index (χ4v) is 2.21. The number of nitrogens with one attached hydrogen (secondary N) is 1. The number of nitrogens with two attached hydrogens (primary N) is 1. The summed E-state index contributed by atoms with van der Waals surface area (Å²) in [5.74, 6) is -0.958. The van der Waals surface area contributed by atoms with Crippen LogP contribution in [-0.2, 0) is 24.3 Å². The van der Waals surface area contributed by atoms with Gasteiger partial charge >= 0.3 is 5.97 Å². The predicted molar refractivity (Wildman–Crippen MR) is 86.1 cm³/mol. The van der Waals surface area contributed by atoms with Crippen LogP contribution in [0, 0.1) is 5.41 Å². The van der Waals surface area contributed by atoms with Gasteiger partial charge in [-0.1, -0.05) is 20.8 Å². The standard InChI is InChI=1S/C15H22N2O5S/c1-10(22-13(18)9-15(2,3)4)14(19)17-11-5-7-12(8-6-11)23(16,20)21/h5-8,10H,9H2,1-4H3,(H,17,19)(H2,16,20,21)/t10-/m0/s1. The van der Waals surface area contributed by atoms with Crippen molar-refractivity contribution in [2.75, 3.05) is 5.32 Å². The smallest absolute Gasteiger partial charge is 0.307 e. The Balaban J connectivity index is 2.63. The van der Waals surface area contributed by atoms with E-state index in [1.165, 1.54) is 31.2 Å². The average Bonchev–Trinajstić information content (AvgIpc) is 2.35. The second-order valence-corrected chi connectivity index (χ2v) is 7.99. The van der Waals surface area contributed by atoms with Gasteiger partial charge in [0.15, 0.2) is 6.10 Å². The van der Waals surface area contributed by atoms with Crippen LogP contribution >= 0.6 is 0 Å². The zero-order valence-corrected chi connectivity index (χ0v) is 14.4. The molecule has 0 saturated carbocycles. The number of esters is 1. The Kier molecular flexibility index (Phi) is 5.90. The first kappa shape index (κ1) is 19.1. The van der Waals surface area contributed by atoms with Crippen LogP contribution < -0.4 is 10.5 Å². The van der Waals surface area contributed by atoms with Crippen LogP contribution in [0.15, 0.2) is 29.2 Å². The third kappa shape index (κ3) is 6.79. The molecule has 1 rings (SSSR count). The molecule has 0 fully saturated rings. The van der Waals surface area contributed by atoms with Gasteiger partial charge in [0.05, 0.1) is 11.3 Å². The van der Waals surface area contributed by atoms with Gasteiger partial charge in [-0.25, -0.2) is 13.6 Å². The molecule has 0 radical (unpaired) electrons. The molecule has 8 heteroatoms. The molecular weight excluding hydrogens is 320 g/mol. The summed E-state index contributed by atoms with van der Waals surface area (Å²) in [6, 6.07) is 5.37. The molecule has 0 heterocycles. The predicted octanol–water partition coefficient (Wildman–Crippen LogP) is 1.64. The second kappa shape index (κ2) is 7.10. The molecule has 0 saturated heterocycles. The van der Waals surface area contributed by atoms with Crippen LogP contribution in [0.5, 0.6) is 0 Å². The van der Waals surface area contributed by atoms with E-state index in [1.54, 1.807) is 0 Å². The zero-order chi connectivity index (χ0) is 17.8. The first-order chi connectivity index (χ1) is 10.4. The van der Waals surface area contributed by atoms with Crippen molar-refractivity contribution in [1.29, 1.82) is 0 Å². The lowest BCUT2D eigenvalue weighted by Gasteiger charge is -2.19. The molecule has 0 aliphatic rings. The Hall–Kier alpha value is -1.93. The van der Waals surface area contributed by atoms with Gasteiger partial charge in [0.1, 0.15) is 0 Å². The van der Waals surface area contributed by atoms with E-state index in [4.69, 9.17) is 9.88 Å². The van der Waals surface area contributed by atoms with E-state index in [0.717, 1.165) is 0 Å². The molecule has 0 spiro atoms. The van der Waals surface area contributed by atoms with Crippen LogP contribution in [0.3, 0.4) is 0 Å². The SMILES string of the molecule is C[C@H](OC(=O)CC(C)(C)C)C(=O)Nc1ccc(S(N)(=O)=O)cc1. The van der Waals surface area contributed by atoms with Crippen molar-refractivity contribution in [2.24, 2.45) is 10.6 Å². The van der Waals surface area contributed by atoms with Gasteiger partial charge in [-0.2, -0.15) is 0 Å². The number of hydrogen-bond acceptors (Lipinski definition) is 5. The molecule has 7 nitrogen and oxygen atoms in total. The molecule has 1 aromatic carbocycles. The van der Waals surface area contributed by atoms with E-state index >= 15 is 0 Å². The summed E-state index contributed by atoms with van der Waals surface area (Å²) >= 11 is 0. The minimum atomic E-state index is -3.78. The van der Waals surface area contributed by atoms with Crippen LogP contribution in [0.25, 0.3) is 0 Å². The van der Waals surface area contributed by atoms with Gasteiger partial charge in [-0.05, 0) is 36.6 Å². The van der Waals surface area contributed by atoms with Gasteiger partial charge in [-0.3, -0.25) is 9.59 Å². The molecule has 0 unspecified atom stereocenters. The van der Waals surface area contributed by atoms with E-state index in [-0.39, 0.29) is 16.7 Å². The number of primary sulfonamides is 1. The number of carbonyl (C=O) groups excluding carboxylic acids is 2. The van der Waals surface area contributed by atoms with Gasteiger partial charge in [0, 0.05) is 5.69 Å². The Labute approximate surface area is 136 Å². The number of benzene rings is 1. The van der Waals surface area contributed by atoms with Crippen molar-refractivity contribution in [3.8, 4) is 0 Å². The molecule has 0 aliphatic heterocycles. The summed E-state index contributed by atoms with van der Waals surface area (Å²) in [6.07, 6.45) is -0.754. The second-order valence-electron chi connectivity index (χ2n) is 6.43. The number of anilines is 1. The van der Waals surface area contributed by atoms with Crippen molar-refractivity contribution in [1.82, 2.24) is 0 Å². The highest BCUT2D eigenvalue weighted by Crippen LogP contribution is 2.19. The van der Waals surface area contributed by atoms with E-state index < -0.39 is 28.0 Å². The molecule has 1 atom stereocenters. The van der Waals surface area contributed by atoms with E-state index in [2.05, 4.69) is 5.32 Å². The summed E-state index contributed by atoms with van der Waals surface area (Å²) in [5.41, 5.74) is 0.151. The minimum absolute atomic E-state index is 0.0554. The number of rotatable bonds is 5. The number of carbonyl (C=O) groups is 2. The number of hydrogen-bond donors (Lipinski definition) is 2. The maximum absolute atomic E-state index is 12.0. The van der Waals surface area contributed by atoms with Gasteiger partial charge in [0.2, 0.25) is 10.0 Å². The fourth-order valence-electron chi connectivity index (χ4n) is 1.70. The van der Waals surface area contributed by atoms with Crippen LogP contribution in [0.2, 0.25) is 0 Å². The molecule has 1 aromatic rings. The third-order valence-electron chi connectivity index (χ3n) is 2.80. The zero-order valence-electron chi connectivity index (χ0n) is 13.6. The Bertz CT molecular complexity index is 675. The monoisotopic (exact) mass is 342 g/mol. The third-order valence-corrected chi connectivity index (χ3v) is 3.73. The first-order valence-corrected chi connectivity index (χ1v) is 8.56. The largest absolute Gasteiger partial charge is 0.453 e. The average molecular weight is 342 g/mol. The lowest BCUT2D eigenvalue weighted by atomic mass is 9.92. The summed E-state index contributed by atoms with van der Waals surface area (Å²) in [5, 5.41) is 7.53. The topological polar surface area (TPSA) is 116 Å². The van der Waals surface area contributed by atoms with Gasteiger partial charge in [0.25, 0.3) is 5.91 Å². The lowest BCUT2D eigenvalue weighted by Crippen LogP contribution is -2.31. The van der Waals surface area contributed by atoms with E-state index in [0.29, 0.717) is 5.69 Å². The fraction of sp³-hybridized carbons (Fsp3) is 0.467. The normalized spacial score (nSPS) is 13.3. The molecule has 0 aromatic heterocycles. The Morgan fingerprint density at radius 3 is 2.17 bits per heavy atom. The highest BCUT2D eigenvalue weighted by Gasteiger charge is 2.22. The molecule has 3 N–H and O–H groups in total. The van der Waals surface area contributed by atoms with Gasteiger partial charge in [-0.15, -0.1) is 0 Å². The maximum Gasteiger partial charge on any atom is 0.307 e. The molecule has 23 heavy (non-hydrogen) atoms. The van der Waals surface area contributed by atoms with Crippen LogP contribution in [0.1, 0.15) is 34.1 Å². The highest BCUT2D eigenvalue weighted by molar-refractivity contribution is 7.89. The van der Waals surface area contributed by atoms with E-state index in [9.17, 15) is 18.0 Å². The van der Waals surface area contributed by atoms with Crippen molar-refractivity contribution < 1.29 is 22.7 Å². The van der Waals surface area contributed by atoms with Gasteiger partial charge < -0.3 is 10.1 Å². The maximum atomic E-state index is 12.0. The number of ether oxygens (including phenoxy) is 1. The number of sulfonamides is 1. The van der Waals surface area contributed by atoms with Crippen molar-refractivity contribution in [3.05, 3.63) is 24.3 Å². The summed E-state index contributed by atoms with van der Waals surface area (Å²) in [4.78, 5) is 23.6.